The van der Waals surface area contributed by atoms with Gasteiger partial charge in [-0.2, -0.15) is 0 Å². The Hall–Kier alpha value is -7.20. The summed E-state index contributed by atoms with van der Waals surface area (Å²) < 4.78 is 2.59. The van der Waals surface area contributed by atoms with Gasteiger partial charge in [-0.1, -0.05) is 140 Å². The van der Waals surface area contributed by atoms with Crippen LogP contribution in [0.2, 0.25) is 0 Å². The van der Waals surface area contributed by atoms with Gasteiger partial charge in [0.2, 0.25) is 0 Å². The minimum Gasteiger partial charge on any atom is -0.310 e. The lowest BCUT2D eigenvalue weighted by molar-refractivity contribution is 0.793. The maximum atomic E-state index is 2.47. The lowest BCUT2D eigenvalue weighted by atomic mass is 9.70. The summed E-state index contributed by atoms with van der Waals surface area (Å²) in [6.45, 7) is 0. The molecule has 0 N–H and O–H groups in total. The van der Waals surface area contributed by atoms with E-state index in [-0.39, 0.29) is 0 Å². The first-order valence-electron chi connectivity index (χ1n) is 19.9. The topological polar surface area (TPSA) is 6.48 Å². The fourth-order valence-electron chi connectivity index (χ4n) is 9.95. The van der Waals surface area contributed by atoms with Gasteiger partial charge in [0, 0.05) is 48.6 Å². The SMILES string of the molecule is c1ccc(N(c2ccccc2)c2ccc3c(c2)C2(c4ccccc4-c4ccccc42)c2ccc(N(c4ccccc4)c4cccc5sc6ccccc6c45)cc2-3)cc1. The number of nitrogens with zero attached hydrogens (tertiary/aromatic N) is 2. The van der Waals surface area contributed by atoms with E-state index in [2.05, 4.69) is 228 Å². The van der Waals surface area contributed by atoms with Crippen molar-refractivity contribution in [1.82, 2.24) is 0 Å². The van der Waals surface area contributed by atoms with Crippen LogP contribution in [0.4, 0.5) is 34.1 Å². The molecule has 9 aromatic carbocycles. The molecule has 1 aromatic heterocycles. The molecule has 0 saturated carbocycles. The van der Waals surface area contributed by atoms with Crippen molar-refractivity contribution in [3.05, 3.63) is 241 Å². The van der Waals surface area contributed by atoms with Crippen molar-refractivity contribution >= 4 is 65.6 Å². The van der Waals surface area contributed by atoms with E-state index in [0.717, 1.165) is 28.4 Å². The maximum absolute atomic E-state index is 2.47. The summed E-state index contributed by atoms with van der Waals surface area (Å²) in [5, 5.41) is 2.58. The van der Waals surface area contributed by atoms with E-state index in [1.807, 2.05) is 11.3 Å². The first-order valence-corrected chi connectivity index (χ1v) is 20.8. The van der Waals surface area contributed by atoms with Gasteiger partial charge in [0.15, 0.2) is 0 Å². The Morgan fingerprint density at radius 2 is 0.810 bits per heavy atom. The summed E-state index contributed by atoms with van der Waals surface area (Å²) in [5.74, 6) is 0. The van der Waals surface area contributed by atoms with Crippen LogP contribution < -0.4 is 9.80 Å². The van der Waals surface area contributed by atoms with Crippen LogP contribution in [-0.4, -0.2) is 0 Å². The van der Waals surface area contributed by atoms with Crippen LogP contribution >= 0.6 is 11.3 Å². The minimum absolute atomic E-state index is 0.493. The third-order valence-corrected chi connectivity index (χ3v) is 13.4. The van der Waals surface area contributed by atoms with E-state index in [0.29, 0.717) is 0 Å². The Bertz CT molecular complexity index is 3100. The summed E-state index contributed by atoms with van der Waals surface area (Å²) in [6.07, 6.45) is 0. The van der Waals surface area contributed by atoms with Gasteiger partial charge in [0.05, 0.1) is 11.1 Å². The van der Waals surface area contributed by atoms with E-state index in [9.17, 15) is 0 Å². The number of anilines is 6. The van der Waals surface area contributed by atoms with Crippen LogP contribution in [0.15, 0.2) is 218 Å². The highest BCUT2D eigenvalue weighted by molar-refractivity contribution is 7.26. The Morgan fingerprint density at radius 3 is 1.48 bits per heavy atom. The molecule has 0 bridgehead atoms. The summed E-state index contributed by atoms with van der Waals surface area (Å²) in [6, 6.07) is 80.4. The third-order valence-electron chi connectivity index (χ3n) is 12.2. The number of rotatable bonds is 6. The Kier molecular flexibility index (Phi) is 7.35. The van der Waals surface area contributed by atoms with Gasteiger partial charge >= 0.3 is 0 Å². The first kappa shape index (κ1) is 33.0. The molecule has 2 aliphatic rings. The Balaban J connectivity index is 1.14. The molecule has 0 atom stereocenters. The predicted octanol–water partition coefficient (Wildman–Crippen LogP) is 15.3. The quantitative estimate of drug-likeness (QED) is 0.167. The van der Waals surface area contributed by atoms with Gasteiger partial charge in [-0.25, -0.2) is 0 Å². The molecule has 58 heavy (non-hydrogen) atoms. The van der Waals surface area contributed by atoms with Crippen molar-refractivity contribution in [2.45, 2.75) is 5.41 Å². The highest BCUT2D eigenvalue weighted by atomic mass is 32.1. The van der Waals surface area contributed by atoms with Gasteiger partial charge in [0.1, 0.15) is 0 Å². The first-order chi connectivity index (χ1) is 28.8. The second kappa shape index (κ2) is 12.9. The second-order valence-corrected chi connectivity index (χ2v) is 16.3. The van der Waals surface area contributed by atoms with E-state index < -0.39 is 5.41 Å². The Labute approximate surface area is 342 Å². The number of fused-ring (bicyclic) bond motifs is 13. The molecule has 1 spiro atoms. The van der Waals surface area contributed by atoms with Gasteiger partial charge in [-0.3, -0.25) is 0 Å². The van der Waals surface area contributed by atoms with E-state index in [4.69, 9.17) is 0 Å². The zero-order chi connectivity index (χ0) is 38.2. The van der Waals surface area contributed by atoms with Crippen molar-refractivity contribution in [1.29, 1.82) is 0 Å². The zero-order valence-corrected chi connectivity index (χ0v) is 32.4. The standard InChI is InChI=1S/C55H36N2S/c1-4-17-37(18-5-1)56(38-19-6-2-7-20-38)41-31-33-44-46-35-40(32-34-49(46)55(50(44)36-41)47-26-13-10-23-42(47)43-24-11-14-27-48(43)55)57(39-21-8-3-9-22-39)51-28-16-30-53-54(51)45-25-12-15-29-52(45)58-53/h1-36H. The Morgan fingerprint density at radius 1 is 0.310 bits per heavy atom. The molecule has 0 unspecified atom stereocenters. The molecule has 0 radical (unpaired) electrons. The summed E-state index contributed by atoms with van der Waals surface area (Å²) in [4.78, 5) is 4.85. The molecule has 0 saturated heterocycles. The molecular weight excluding hydrogens is 721 g/mol. The third kappa shape index (κ3) is 4.71. The second-order valence-electron chi connectivity index (χ2n) is 15.2. The molecule has 12 rings (SSSR count). The van der Waals surface area contributed by atoms with Crippen molar-refractivity contribution in [2.75, 3.05) is 9.80 Å². The van der Waals surface area contributed by atoms with Crippen LogP contribution in [-0.2, 0) is 5.41 Å². The lowest BCUT2D eigenvalue weighted by Gasteiger charge is -2.32. The molecule has 10 aromatic rings. The number of thiophene rings is 1. The molecule has 3 heteroatoms. The minimum atomic E-state index is -0.493. The van der Waals surface area contributed by atoms with Crippen molar-refractivity contribution in [3.63, 3.8) is 0 Å². The van der Waals surface area contributed by atoms with E-state index in [1.54, 1.807) is 0 Å². The number of hydrogen-bond donors (Lipinski definition) is 0. The van der Waals surface area contributed by atoms with Crippen LogP contribution in [0, 0.1) is 0 Å². The highest BCUT2D eigenvalue weighted by Gasteiger charge is 2.52. The van der Waals surface area contributed by atoms with E-state index >= 15 is 0 Å². The highest BCUT2D eigenvalue weighted by Crippen LogP contribution is 2.64. The smallest absolute Gasteiger partial charge is 0.0726 e. The number of benzene rings is 9. The fourth-order valence-corrected chi connectivity index (χ4v) is 11.1. The van der Waals surface area contributed by atoms with Gasteiger partial charge in [0.25, 0.3) is 0 Å². The average Bonchev–Trinajstić information content (AvgIpc) is 3.92. The molecule has 0 fully saturated rings. The maximum Gasteiger partial charge on any atom is 0.0726 e. The van der Waals surface area contributed by atoms with Crippen molar-refractivity contribution < 1.29 is 0 Å². The monoisotopic (exact) mass is 756 g/mol. The van der Waals surface area contributed by atoms with Gasteiger partial charge in [-0.05, 0) is 123 Å². The predicted molar refractivity (Wildman–Crippen MR) is 245 cm³/mol. The lowest BCUT2D eigenvalue weighted by Crippen LogP contribution is -2.26. The molecule has 2 nitrogen and oxygen atoms in total. The van der Waals surface area contributed by atoms with Crippen LogP contribution in [0.5, 0.6) is 0 Å². The van der Waals surface area contributed by atoms with Crippen molar-refractivity contribution in [2.24, 2.45) is 0 Å². The van der Waals surface area contributed by atoms with Crippen LogP contribution in [0.3, 0.4) is 0 Å². The van der Waals surface area contributed by atoms with Crippen molar-refractivity contribution in [3.8, 4) is 22.3 Å². The molecule has 1 heterocycles. The van der Waals surface area contributed by atoms with Crippen LogP contribution in [0.1, 0.15) is 22.3 Å². The van der Waals surface area contributed by atoms with Gasteiger partial charge in [-0.15, -0.1) is 11.3 Å². The average molecular weight is 757 g/mol. The van der Waals surface area contributed by atoms with Gasteiger partial charge < -0.3 is 9.80 Å². The molecule has 2 aliphatic carbocycles. The molecular formula is C55H36N2S. The largest absolute Gasteiger partial charge is 0.310 e. The van der Waals surface area contributed by atoms with Crippen LogP contribution in [0.25, 0.3) is 42.4 Å². The number of para-hydroxylation sites is 3. The fraction of sp³-hybridized carbons (Fsp3) is 0.0182. The zero-order valence-electron chi connectivity index (χ0n) is 31.6. The summed E-state index contributed by atoms with van der Waals surface area (Å²) in [5.41, 5.74) is 16.8. The summed E-state index contributed by atoms with van der Waals surface area (Å²) in [7, 11) is 0. The summed E-state index contributed by atoms with van der Waals surface area (Å²) >= 11 is 1.86. The molecule has 0 aliphatic heterocycles. The van der Waals surface area contributed by atoms with E-state index in [1.165, 1.54) is 70.4 Å². The molecule has 0 amide bonds. The molecule has 272 valence electrons. The number of hydrogen-bond acceptors (Lipinski definition) is 3. The normalized spacial score (nSPS) is 13.0.